The van der Waals surface area contributed by atoms with Crippen molar-refractivity contribution >= 4 is 11.9 Å². The number of allylic oxidation sites excluding steroid dienone is 1. The van der Waals surface area contributed by atoms with Crippen molar-refractivity contribution in [2.75, 3.05) is 0 Å². The molecule has 0 aromatic carbocycles. The Labute approximate surface area is 88.6 Å². The Kier molecular flexibility index (Phi) is 6.37. The molecule has 1 atom stereocenters. The summed E-state index contributed by atoms with van der Waals surface area (Å²) < 4.78 is 0. The molecule has 0 bridgehead atoms. The zero-order chi connectivity index (χ0) is 11.8. The fourth-order valence-electron chi connectivity index (χ4n) is 1.06. The van der Waals surface area contributed by atoms with E-state index in [0.29, 0.717) is 6.42 Å². The number of nitrogens with two attached hydrogens (primary N) is 1. The Morgan fingerprint density at radius 2 is 2.00 bits per heavy atom. The van der Waals surface area contributed by atoms with Gasteiger partial charge in [-0.15, -0.1) is 0 Å². The highest BCUT2D eigenvalue weighted by Crippen LogP contribution is 2.08. The lowest BCUT2D eigenvalue weighted by molar-refractivity contribution is -0.138. The average molecular weight is 215 g/mol. The first-order valence-corrected chi connectivity index (χ1v) is 4.89. The molecule has 0 amide bonds. The van der Waals surface area contributed by atoms with Crippen LogP contribution in [-0.2, 0) is 9.59 Å². The van der Waals surface area contributed by atoms with Gasteiger partial charge >= 0.3 is 11.9 Å². The maximum Gasteiger partial charge on any atom is 0.331 e. The van der Waals surface area contributed by atoms with Gasteiger partial charge in [-0.3, -0.25) is 4.79 Å². The monoisotopic (exact) mass is 215 g/mol. The van der Waals surface area contributed by atoms with Crippen LogP contribution in [0.15, 0.2) is 11.6 Å². The standard InChI is InChI=1S/C10H17NO4/c1-2-3-4-5-7(9(12)13)6-8(11)10(14)15/h5,8H,2-4,6,11H2,1H3,(H,12,13)(H,14,15)/b7-5+/t8-/m0/s1. The molecule has 0 rings (SSSR count). The number of carboxylic acid groups (broad SMARTS) is 2. The minimum Gasteiger partial charge on any atom is -0.480 e. The molecular formula is C10H17NO4. The van der Waals surface area contributed by atoms with E-state index in [4.69, 9.17) is 15.9 Å². The summed E-state index contributed by atoms with van der Waals surface area (Å²) in [4.78, 5) is 21.2. The third-order valence-corrected chi connectivity index (χ3v) is 1.98. The summed E-state index contributed by atoms with van der Waals surface area (Å²) in [6.07, 6.45) is 3.92. The molecule has 0 saturated carbocycles. The molecule has 15 heavy (non-hydrogen) atoms. The van der Waals surface area contributed by atoms with Gasteiger partial charge in [-0.25, -0.2) is 4.79 Å². The van der Waals surface area contributed by atoms with Crippen molar-refractivity contribution in [3.63, 3.8) is 0 Å². The van der Waals surface area contributed by atoms with Crippen LogP contribution in [0, 0.1) is 0 Å². The Balaban J connectivity index is 4.34. The molecule has 0 unspecified atom stereocenters. The molecule has 5 heteroatoms. The molecule has 0 aliphatic rings. The van der Waals surface area contributed by atoms with Crippen molar-refractivity contribution in [2.45, 2.75) is 38.6 Å². The highest BCUT2D eigenvalue weighted by Gasteiger charge is 2.17. The Morgan fingerprint density at radius 3 is 2.40 bits per heavy atom. The smallest absolute Gasteiger partial charge is 0.331 e. The van der Waals surface area contributed by atoms with Gasteiger partial charge in [0.15, 0.2) is 0 Å². The van der Waals surface area contributed by atoms with Crippen molar-refractivity contribution in [2.24, 2.45) is 5.73 Å². The Bertz CT molecular complexity index is 260. The maximum atomic E-state index is 10.7. The summed E-state index contributed by atoms with van der Waals surface area (Å²) in [5.41, 5.74) is 5.34. The zero-order valence-electron chi connectivity index (χ0n) is 8.77. The highest BCUT2D eigenvalue weighted by atomic mass is 16.4. The third-order valence-electron chi connectivity index (χ3n) is 1.98. The summed E-state index contributed by atoms with van der Waals surface area (Å²) in [5, 5.41) is 17.3. The van der Waals surface area contributed by atoms with Crippen molar-refractivity contribution < 1.29 is 19.8 Å². The lowest BCUT2D eigenvalue weighted by Crippen LogP contribution is -2.31. The minimum absolute atomic E-state index is 0.0818. The van der Waals surface area contributed by atoms with Crippen LogP contribution >= 0.6 is 0 Å². The van der Waals surface area contributed by atoms with Crippen molar-refractivity contribution in [3.8, 4) is 0 Å². The molecule has 0 radical (unpaired) electrons. The topological polar surface area (TPSA) is 101 Å². The molecule has 0 aliphatic carbocycles. The van der Waals surface area contributed by atoms with E-state index in [9.17, 15) is 9.59 Å². The zero-order valence-corrected chi connectivity index (χ0v) is 8.77. The molecule has 0 heterocycles. The highest BCUT2D eigenvalue weighted by molar-refractivity contribution is 5.88. The largest absolute Gasteiger partial charge is 0.480 e. The number of carbonyl (C=O) groups is 2. The summed E-state index contributed by atoms with van der Waals surface area (Å²) in [6.45, 7) is 2.00. The Morgan fingerprint density at radius 1 is 1.40 bits per heavy atom. The molecule has 0 aromatic heterocycles. The third kappa shape index (κ3) is 5.85. The number of unbranched alkanes of at least 4 members (excludes halogenated alkanes) is 2. The number of hydrogen-bond acceptors (Lipinski definition) is 3. The fourth-order valence-corrected chi connectivity index (χ4v) is 1.06. The second-order valence-electron chi connectivity index (χ2n) is 3.33. The number of hydrogen-bond donors (Lipinski definition) is 3. The van der Waals surface area contributed by atoms with Gasteiger partial charge in [0, 0.05) is 12.0 Å². The van der Waals surface area contributed by atoms with Gasteiger partial charge in [0.25, 0.3) is 0 Å². The average Bonchev–Trinajstić information content (AvgIpc) is 2.15. The second-order valence-corrected chi connectivity index (χ2v) is 3.33. The summed E-state index contributed by atoms with van der Waals surface area (Å²) >= 11 is 0. The lowest BCUT2D eigenvalue weighted by atomic mass is 10.0. The van der Waals surface area contributed by atoms with Crippen LogP contribution in [0.3, 0.4) is 0 Å². The predicted octanol–water partition coefficient (Wildman–Crippen LogP) is 0.990. The number of carboxylic acids is 2. The number of rotatable bonds is 7. The van der Waals surface area contributed by atoms with Crippen LogP contribution in [0.4, 0.5) is 0 Å². The van der Waals surface area contributed by atoms with Gasteiger partial charge in [0.2, 0.25) is 0 Å². The van der Waals surface area contributed by atoms with Gasteiger partial charge in [-0.2, -0.15) is 0 Å². The van der Waals surface area contributed by atoms with Crippen LogP contribution in [-0.4, -0.2) is 28.2 Å². The predicted molar refractivity (Wildman–Crippen MR) is 55.5 cm³/mol. The molecule has 0 fully saturated rings. The van der Waals surface area contributed by atoms with E-state index < -0.39 is 18.0 Å². The van der Waals surface area contributed by atoms with Crippen LogP contribution in [0.25, 0.3) is 0 Å². The lowest BCUT2D eigenvalue weighted by Gasteiger charge is -2.06. The van der Waals surface area contributed by atoms with Gasteiger partial charge in [-0.05, 0) is 6.42 Å². The minimum atomic E-state index is -1.18. The van der Waals surface area contributed by atoms with E-state index in [1.165, 1.54) is 0 Å². The maximum absolute atomic E-state index is 10.7. The van der Waals surface area contributed by atoms with E-state index in [2.05, 4.69) is 0 Å². The van der Waals surface area contributed by atoms with E-state index in [-0.39, 0.29) is 12.0 Å². The first kappa shape index (κ1) is 13.6. The fraction of sp³-hybridized carbons (Fsp3) is 0.600. The van der Waals surface area contributed by atoms with Gasteiger partial charge in [0.05, 0.1) is 0 Å². The number of aliphatic carboxylic acids is 2. The molecule has 0 saturated heterocycles. The van der Waals surface area contributed by atoms with Crippen LogP contribution in [0.1, 0.15) is 32.6 Å². The van der Waals surface area contributed by atoms with Crippen molar-refractivity contribution in [1.82, 2.24) is 0 Å². The molecule has 86 valence electrons. The first-order valence-electron chi connectivity index (χ1n) is 4.89. The normalized spacial score (nSPS) is 13.6. The molecular weight excluding hydrogens is 198 g/mol. The molecule has 0 aliphatic heterocycles. The Hall–Kier alpha value is -1.36. The summed E-state index contributed by atoms with van der Waals surface area (Å²) in [7, 11) is 0. The molecule has 4 N–H and O–H groups in total. The van der Waals surface area contributed by atoms with Gasteiger partial charge in [-0.1, -0.05) is 25.8 Å². The summed E-state index contributed by atoms with van der Waals surface area (Å²) in [6, 6.07) is -1.14. The second kappa shape index (κ2) is 7.00. The van der Waals surface area contributed by atoms with Gasteiger partial charge in [0.1, 0.15) is 6.04 Å². The molecule has 0 spiro atoms. The van der Waals surface area contributed by atoms with Crippen LogP contribution in [0.2, 0.25) is 0 Å². The molecule has 0 aromatic rings. The quantitative estimate of drug-likeness (QED) is 0.434. The van der Waals surface area contributed by atoms with E-state index in [0.717, 1.165) is 12.8 Å². The van der Waals surface area contributed by atoms with Crippen LogP contribution in [0.5, 0.6) is 0 Å². The van der Waals surface area contributed by atoms with Gasteiger partial charge < -0.3 is 15.9 Å². The van der Waals surface area contributed by atoms with Crippen LogP contribution < -0.4 is 5.73 Å². The van der Waals surface area contributed by atoms with E-state index >= 15 is 0 Å². The first-order chi connectivity index (χ1) is 6.99. The van der Waals surface area contributed by atoms with Crippen molar-refractivity contribution in [1.29, 1.82) is 0 Å². The van der Waals surface area contributed by atoms with E-state index in [1.807, 2.05) is 6.92 Å². The summed E-state index contributed by atoms with van der Waals surface area (Å²) in [5.74, 6) is -2.28. The van der Waals surface area contributed by atoms with E-state index in [1.54, 1.807) is 6.08 Å². The SMILES string of the molecule is CCCC/C=C(\C[C@H](N)C(=O)O)C(=O)O. The van der Waals surface area contributed by atoms with Crippen molar-refractivity contribution in [3.05, 3.63) is 11.6 Å². The molecule has 5 nitrogen and oxygen atoms in total.